The van der Waals surface area contributed by atoms with E-state index in [4.69, 9.17) is 5.11 Å². The Kier molecular flexibility index (Phi) is 5.14. The molecule has 0 aliphatic heterocycles. The van der Waals surface area contributed by atoms with Crippen molar-refractivity contribution in [3.05, 3.63) is 0 Å². The largest absolute Gasteiger partial charge is 0.396 e. The molecule has 1 aliphatic carbocycles. The molecule has 1 aliphatic rings. The van der Waals surface area contributed by atoms with Gasteiger partial charge in [0.15, 0.2) is 0 Å². The van der Waals surface area contributed by atoms with Crippen molar-refractivity contribution in [1.29, 1.82) is 0 Å². The molecule has 0 bridgehead atoms. The Morgan fingerprint density at radius 2 is 2.08 bits per heavy atom. The van der Waals surface area contributed by atoms with Gasteiger partial charge in [0.2, 0.25) is 0 Å². The van der Waals surface area contributed by atoms with Crippen LogP contribution in [-0.4, -0.2) is 33.4 Å². The normalized spacial score (nSPS) is 31.6. The summed E-state index contributed by atoms with van der Waals surface area (Å²) in [4.78, 5) is 0. The number of aliphatic hydroxyl groups is 2. The highest BCUT2D eigenvalue weighted by atomic mass is 32.2. The predicted molar refractivity (Wildman–Crippen MR) is 57.0 cm³/mol. The van der Waals surface area contributed by atoms with E-state index in [9.17, 15) is 5.11 Å². The van der Waals surface area contributed by atoms with Gasteiger partial charge < -0.3 is 10.2 Å². The molecule has 0 heterocycles. The number of thioether (sulfide) groups is 1. The minimum Gasteiger partial charge on any atom is -0.396 e. The van der Waals surface area contributed by atoms with Crippen LogP contribution in [0.4, 0.5) is 0 Å². The third-order valence-corrected chi connectivity index (χ3v) is 4.21. The van der Waals surface area contributed by atoms with Crippen LogP contribution >= 0.6 is 11.8 Å². The SMILES string of the molecule is CC(CCO)S[C@@H]1CCCC[C@H]1O. The van der Waals surface area contributed by atoms with Crippen LogP contribution in [0.15, 0.2) is 0 Å². The number of rotatable bonds is 4. The maximum absolute atomic E-state index is 9.70. The zero-order valence-electron chi connectivity index (χ0n) is 8.28. The average Bonchev–Trinajstić information content (AvgIpc) is 2.09. The maximum Gasteiger partial charge on any atom is 0.0658 e. The van der Waals surface area contributed by atoms with Gasteiger partial charge in [-0.15, -0.1) is 0 Å². The van der Waals surface area contributed by atoms with Gasteiger partial charge in [0.25, 0.3) is 0 Å². The fourth-order valence-corrected chi connectivity index (χ4v) is 3.24. The number of aliphatic hydroxyl groups excluding tert-OH is 2. The molecule has 2 nitrogen and oxygen atoms in total. The van der Waals surface area contributed by atoms with E-state index < -0.39 is 0 Å². The van der Waals surface area contributed by atoms with Gasteiger partial charge in [0.1, 0.15) is 0 Å². The third-order valence-electron chi connectivity index (χ3n) is 2.61. The first kappa shape index (κ1) is 11.3. The van der Waals surface area contributed by atoms with Gasteiger partial charge in [0, 0.05) is 17.1 Å². The van der Waals surface area contributed by atoms with Crippen molar-refractivity contribution in [3.63, 3.8) is 0 Å². The summed E-state index contributed by atoms with van der Waals surface area (Å²) in [5, 5.41) is 19.3. The Morgan fingerprint density at radius 1 is 1.38 bits per heavy atom. The highest BCUT2D eigenvalue weighted by Crippen LogP contribution is 2.32. The van der Waals surface area contributed by atoms with Crippen molar-refractivity contribution in [2.75, 3.05) is 6.61 Å². The van der Waals surface area contributed by atoms with E-state index in [0.29, 0.717) is 10.5 Å². The topological polar surface area (TPSA) is 40.5 Å². The lowest BCUT2D eigenvalue weighted by molar-refractivity contribution is 0.136. The van der Waals surface area contributed by atoms with E-state index in [2.05, 4.69) is 6.92 Å². The number of hydrogen-bond acceptors (Lipinski definition) is 3. The van der Waals surface area contributed by atoms with E-state index in [1.54, 1.807) is 0 Å². The molecule has 0 saturated heterocycles. The lowest BCUT2D eigenvalue weighted by Crippen LogP contribution is -2.28. The quantitative estimate of drug-likeness (QED) is 0.733. The molecule has 0 spiro atoms. The molecule has 1 rings (SSSR count). The van der Waals surface area contributed by atoms with E-state index in [1.807, 2.05) is 11.8 Å². The Morgan fingerprint density at radius 3 is 2.69 bits per heavy atom. The maximum atomic E-state index is 9.70. The van der Waals surface area contributed by atoms with Gasteiger partial charge in [-0.2, -0.15) is 11.8 Å². The second-order valence-electron chi connectivity index (χ2n) is 3.85. The molecule has 1 saturated carbocycles. The van der Waals surface area contributed by atoms with Crippen LogP contribution in [0.5, 0.6) is 0 Å². The summed E-state index contributed by atoms with van der Waals surface area (Å²) in [5.41, 5.74) is 0. The fourth-order valence-electron chi connectivity index (χ4n) is 1.78. The van der Waals surface area contributed by atoms with Crippen LogP contribution in [0.2, 0.25) is 0 Å². The zero-order chi connectivity index (χ0) is 9.68. The van der Waals surface area contributed by atoms with Crippen LogP contribution in [0.1, 0.15) is 39.0 Å². The summed E-state index contributed by atoms with van der Waals surface area (Å²) in [5.74, 6) is 0. The molecule has 0 aromatic carbocycles. The second kappa shape index (κ2) is 5.89. The first-order valence-corrected chi connectivity index (χ1v) is 6.12. The second-order valence-corrected chi connectivity index (χ2v) is 5.53. The summed E-state index contributed by atoms with van der Waals surface area (Å²) < 4.78 is 0. The van der Waals surface area contributed by atoms with Crippen LogP contribution < -0.4 is 0 Å². The van der Waals surface area contributed by atoms with Crippen LogP contribution in [0.25, 0.3) is 0 Å². The highest BCUT2D eigenvalue weighted by molar-refractivity contribution is 8.00. The Balaban J connectivity index is 2.25. The predicted octanol–water partition coefficient (Wildman–Crippen LogP) is 1.79. The van der Waals surface area contributed by atoms with Crippen molar-refractivity contribution >= 4 is 11.8 Å². The molecule has 2 N–H and O–H groups in total. The summed E-state index contributed by atoms with van der Waals surface area (Å²) in [6.07, 6.45) is 5.26. The van der Waals surface area contributed by atoms with Crippen molar-refractivity contribution in [2.24, 2.45) is 0 Å². The molecule has 13 heavy (non-hydrogen) atoms. The Bertz CT molecular complexity index is 141. The lowest BCUT2D eigenvalue weighted by Gasteiger charge is -2.29. The van der Waals surface area contributed by atoms with Gasteiger partial charge in [-0.1, -0.05) is 19.8 Å². The van der Waals surface area contributed by atoms with Gasteiger partial charge in [-0.25, -0.2) is 0 Å². The Hall–Kier alpha value is 0.270. The molecule has 3 heteroatoms. The molecule has 1 fully saturated rings. The molecule has 78 valence electrons. The van der Waals surface area contributed by atoms with Crippen molar-refractivity contribution < 1.29 is 10.2 Å². The van der Waals surface area contributed by atoms with Gasteiger partial charge in [-0.3, -0.25) is 0 Å². The van der Waals surface area contributed by atoms with E-state index in [-0.39, 0.29) is 12.7 Å². The summed E-state index contributed by atoms with van der Waals surface area (Å²) >= 11 is 1.84. The molecular weight excluding hydrogens is 184 g/mol. The fraction of sp³-hybridized carbons (Fsp3) is 1.00. The highest BCUT2D eigenvalue weighted by Gasteiger charge is 2.24. The van der Waals surface area contributed by atoms with Gasteiger partial charge >= 0.3 is 0 Å². The van der Waals surface area contributed by atoms with E-state index in [1.165, 1.54) is 12.8 Å². The van der Waals surface area contributed by atoms with Crippen molar-refractivity contribution in [2.45, 2.75) is 55.6 Å². The van der Waals surface area contributed by atoms with Gasteiger partial charge in [0.05, 0.1) is 6.10 Å². The van der Waals surface area contributed by atoms with Crippen molar-refractivity contribution in [3.8, 4) is 0 Å². The Labute approximate surface area is 84.7 Å². The van der Waals surface area contributed by atoms with E-state index in [0.717, 1.165) is 19.3 Å². The molecule has 0 amide bonds. The monoisotopic (exact) mass is 204 g/mol. The minimum absolute atomic E-state index is 0.111. The summed E-state index contributed by atoms with van der Waals surface area (Å²) in [6.45, 7) is 2.39. The summed E-state index contributed by atoms with van der Waals surface area (Å²) in [6, 6.07) is 0. The molecular formula is C10H20O2S. The molecule has 0 aromatic rings. The number of hydrogen-bond donors (Lipinski definition) is 2. The summed E-state index contributed by atoms with van der Waals surface area (Å²) in [7, 11) is 0. The minimum atomic E-state index is -0.111. The zero-order valence-corrected chi connectivity index (χ0v) is 9.09. The van der Waals surface area contributed by atoms with Crippen LogP contribution in [0.3, 0.4) is 0 Å². The first-order chi connectivity index (χ1) is 6.24. The van der Waals surface area contributed by atoms with Crippen LogP contribution in [-0.2, 0) is 0 Å². The third kappa shape index (κ3) is 3.88. The van der Waals surface area contributed by atoms with Crippen molar-refractivity contribution in [1.82, 2.24) is 0 Å². The molecule has 3 atom stereocenters. The average molecular weight is 204 g/mol. The molecule has 0 radical (unpaired) electrons. The van der Waals surface area contributed by atoms with E-state index >= 15 is 0 Å². The molecule has 0 aromatic heterocycles. The standard InChI is InChI=1S/C10H20O2S/c1-8(6-7-11)13-10-5-3-2-4-9(10)12/h8-12H,2-7H2,1H3/t8?,9-,10-/m1/s1. The lowest BCUT2D eigenvalue weighted by atomic mass is 9.97. The molecule has 1 unspecified atom stereocenters. The first-order valence-electron chi connectivity index (χ1n) is 5.18. The smallest absolute Gasteiger partial charge is 0.0658 e. The van der Waals surface area contributed by atoms with Gasteiger partial charge in [-0.05, 0) is 19.3 Å². The van der Waals surface area contributed by atoms with Crippen LogP contribution in [0, 0.1) is 0 Å².